The lowest BCUT2D eigenvalue weighted by atomic mass is 9.93. The standard InChI is InChI=1S/C17H32N4/c1-4-9-18-16(15-8-7-14(6-3)11-15)12-17-19-13-20-21(17)10-5-2/h13-16,18H,4-12H2,1-3H3. The highest BCUT2D eigenvalue weighted by atomic mass is 15.3. The van der Waals surface area contributed by atoms with Crippen molar-refractivity contribution in [2.75, 3.05) is 6.54 Å². The van der Waals surface area contributed by atoms with E-state index in [0.29, 0.717) is 6.04 Å². The second-order valence-corrected chi connectivity index (χ2v) is 6.51. The third-order valence-electron chi connectivity index (χ3n) is 4.92. The molecule has 0 spiro atoms. The number of aromatic nitrogens is 3. The predicted octanol–water partition coefficient (Wildman–Crippen LogP) is 3.43. The molecule has 1 aromatic rings. The molecule has 1 fully saturated rings. The first-order valence-electron chi connectivity index (χ1n) is 8.88. The minimum absolute atomic E-state index is 0.571. The molecule has 2 rings (SSSR count). The average molecular weight is 292 g/mol. The molecule has 0 amide bonds. The van der Waals surface area contributed by atoms with E-state index >= 15 is 0 Å². The summed E-state index contributed by atoms with van der Waals surface area (Å²) in [5.74, 6) is 2.91. The molecule has 1 N–H and O–H groups in total. The molecule has 4 nitrogen and oxygen atoms in total. The largest absolute Gasteiger partial charge is 0.313 e. The molecule has 1 aliphatic carbocycles. The molecule has 1 heterocycles. The van der Waals surface area contributed by atoms with Crippen molar-refractivity contribution in [2.45, 2.75) is 78.3 Å². The van der Waals surface area contributed by atoms with Gasteiger partial charge in [0, 0.05) is 19.0 Å². The number of hydrogen-bond acceptors (Lipinski definition) is 3. The SMILES string of the molecule is CCCNC(Cc1ncnn1CCC)C1CCC(CC)C1. The van der Waals surface area contributed by atoms with Crippen molar-refractivity contribution in [3.63, 3.8) is 0 Å². The van der Waals surface area contributed by atoms with E-state index in [9.17, 15) is 0 Å². The van der Waals surface area contributed by atoms with Gasteiger partial charge in [-0.1, -0.05) is 33.6 Å². The van der Waals surface area contributed by atoms with Gasteiger partial charge in [0.05, 0.1) is 0 Å². The molecule has 1 aromatic heterocycles. The molecule has 0 aliphatic heterocycles. The summed E-state index contributed by atoms with van der Waals surface area (Å²) in [4.78, 5) is 4.51. The zero-order valence-corrected chi connectivity index (χ0v) is 14.0. The van der Waals surface area contributed by atoms with Gasteiger partial charge in [-0.15, -0.1) is 0 Å². The molecule has 3 unspecified atom stereocenters. The van der Waals surface area contributed by atoms with Gasteiger partial charge in [-0.3, -0.25) is 4.68 Å². The molecule has 0 saturated heterocycles. The number of nitrogens with one attached hydrogen (secondary N) is 1. The Bertz CT molecular complexity index is 401. The Labute approximate surface area is 129 Å². The zero-order chi connectivity index (χ0) is 15.1. The van der Waals surface area contributed by atoms with Gasteiger partial charge < -0.3 is 5.32 Å². The quantitative estimate of drug-likeness (QED) is 0.758. The van der Waals surface area contributed by atoms with Crippen LogP contribution in [0, 0.1) is 11.8 Å². The van der Waals surface area contributed by atoms with E-state index in [1.807, 2.05) is 0 Å². The molecule has 3 atom stereocenters. The van der Waals surface area contributed by atoms with Crippen LogP contribution >= 0.6 is 0 Å². The summed E-state index contributed by atoms with van der Waals surface area (Å²) in [6.45, 7) is 8.87. The summed E-state index contributed by atoms with van der Waals surface area (Å²) in [5.41, 5.74) is 0. The van der Waals surface area contributed by atoms with Gasteiger partial charge in [0.2, 0.25) is 0 Å². The summed E-state index contributed by atoms with van der Waals surface area (Å²) < 4.78 is 2.09. The van der Waals surface area contributed by atoms with Crippen molar-refractivity contribution in [3.8, 4) is 0 Å². The molecule has 1 aliphatic rings. The van der Waals surface area contributed by atoms with Crippen LogP contribution in [0.5, 0.6) is 0 Å². The normalized spacial score (nSPS) is 23.6. The van der Waals surface area contributed by atoms with Gasteiger partial charge in [0.1, 0.15) is 12.2 Å². The van der Waals surface area contributed by atoms with Crippen molar-refractivity contribution in [1.82, 2.24) is 20.1 Å². The Morgan fingerprint density at radius 3 is 2.81 bits per heavy atom. The van der Waals surface area contributed by atoms with E-state index in [4.69, 9.17) is 0 Å². The van der Waals surface area contributed by atoms with Crippen LogP contribution in [0.1, 0.15) is 65.1 Å². The highest BCUT2D eigenvalue weighted by molar-refractivity contribution is 4.94. The molecule has 0 aromatic carbocycles. The maximum atomic E-state index is 4.51. The van der Waals surface area contributed by atoms with E-state index in [0.717, 1.165) is 43.6 Å². The maximum absolute atomic E-state index is 4.51. The van der Waals surface area contributed by atoms with Crippen molar-refractivity contribution in [3.05, 3.63) is 12.2 Å². The van der Waals surface area contributed by atoms with Gasteiger partial charge in [-0.2, -0.15) is 5.10 Å². The van der Waals surface area contributed by atoms with E-state index in [2.05, 4.69) is 40.9 Å². The number of nitrogens with zero attached hydrogens (tertiary/aromatic N) is 3. The lowest BCUT2D eigenvalue weighted by molar-refractivity contribution is 0.335. The average Bonchev–Trinajstić information content (AvgIpc) is 3.13. The number of hydrogen-bond donors (Lipinski definition) is 1. The molecule has 120 valence electrons. The Morgan fingerprint density at radius 2 is 2.14 bits per heavy atom. The zero-order valence-electron chi connectivity index (χ0n) is 14.0. The number of rotatable bonds is 9. The molecule has 0 radical (unpaired) electrons. The van der Waals surface area contributed by atoms with Gasteiger partial charge in [0.25, 0.3) is 0 Å². The molecule has 0 bridgehead atoms. The Hall–Kier alpha value is -0.900. The molecule has 4 heteroatoms. The van der Waals surface area contributed by atoms with E-state index in [-0.39, 0.29) is 0 Å². The third-order valence-corrected chi connectivity index (χ3v) is 4.92. The fourth-order valence-corrected chi connectivity index (χ4v) is 3.63. The van der Waals surface area contributed by atoms with Gasteiger partial charge in [-0.05, 0) is 44.1 Å². The van der Waals surface area contributed by atoms with E-state index in [1.165, 1.54) is 32.1 Å². The lowest BCUT2D eigenvalue weighted by Gasteiger charge is -2.25. The van der Waals surface area contributed by atoms with E-state index in [1.54, 1.807) is 6.33 Å². The maximum Gasteiger partial charge on any atom is 0.138 e. The van der Waals surface area contributed by atoms with Crippen LogP contribution in [-0.2, 0) is 13.0 Å². The van der Waals surface area contributed by atoms with Crippen LogP contribution in [-0.4, -0.2) is 27.4 Å². The highest BCUT2D eigenvalue weighted by Crippen LogP contribution is 2.35. The fraction of sp³-hybridized carbons (Fsp3) is 0.882. The highest BCUT2D eigenvalue weighted by Gasteiger charge is 2.30. The first-order chi connectivity index (χ1) is 10.3. The van der Waals surface area contributed by atoms with Crippen molar-refractivity contribution in [2.24, 2.45) is 11.8 Å². The van der Waals surface area contributed by atoms with Gasteiger partial charge in [-0.25, -0.2) is 4.98 Å². The number of aryl methyl sites for hydroxylation is 1. The topological polar surface area (TPSA) is 42.7 Å². The molecule has 1 saturated carbocycles. The summed E-state index contributed by atoms with van der Waals surface area (Å²) >= 11 is 0. The van der Waals surface area contributed by atoms with Crippen LogP contribution in [0.4, 0.5) is 0 Å². The lowest BCUT2D eigenvalue weighted by Crippen LogP contribution is -2.38. The first kappa shape index (κ1) is 16.5. The monoisotopic (exact) mass is 292 g/mol. The first-order valence-corrected chi connectivity index (χ1v) is 8.88. The van der Waals surface area contributed by atoms with Crippen LogP contribution < -0.4 is 5.32 Å². The summed E-state index contributed by atoms with van der Waals surface area (Å²) in [5, 5.41) is 8.16. The Morgan fingerprint density at radius 1 is 1.29 bits per heavy atom. The minimum Gasteiger partial charge on any atom is -0.313 e. The Kier molecular flexibility index (Phi) is 6.68. The van der Waals surface area contributed by atoms with Gasteiger partial charge >= 0.3 is 0 Å². The van der Waals surface area contributed by atoms with E-state index < -0.39 is 0 Å². The molecular formula is C17H32N4. The van der Waals surface area contributed by atoms with Crippen LogP contribution in [0.2, 0.25) is 0 Å². The minimum atomic E-state index is 0.571. The van der Waals surface area contributed by atoms with Crippen LogP contribution in [0.15, 0.2) is 6.33 Å². The Balaban J connectivity index is 2.00. The smallest absolute Gasteiger partial charge is 0.138 e. The second kappa shape index (κ2) is 8.52. The van der Waals surface area contributed by atoms with Crippen molar-refractivity contribution in [1.29, 1.82) is 0 Å². The van der Waals surface area contributed by atoms with Crippen molar-refractivity contribution < 1.29 is 0 Å². The third kappa shape index (κ3) is 4.53. The van der Waals surface area contributed by atoms with Crippen molar-refractivity contribution >= 4 is 0 Å². The van der Waals surface area contributed by atoms with Crippen LogP contribution in [0.25, 0.3) is 0 Å². The summed E-state index contributed by atoms with van der Waals surface area (Å²) in [7, 11) is 0. The molecular weight excluding hydrogens is 260 g/mol. The molecule has 21 heavy (non-hydrogen) atoms. The summed E-state index contributed by atoms with van der Waals surface area (Å²) in [6.07, 6.45) is 10.6. The summed E-state index contributed by atoms with van der Waals surface area (Å²) in [6, 6.07) is 0.571. The predicted molar refractivity (Wildman–Crippen MR) is 87.2 cm³/mol. The van der Waals surface area contributed by atoms with Crippen LogP contribution in [0.3, 0.4) is 0 Å². The fourth-order valence-electron chi connectivity index (χ4n) is 3.63. The second-order valence-electron chi connectivity index (χ2n) is 6.51. The van der Waals surface area contributed by atoms with Gasteiger partial charge in [0.15, 0.2) is 0 Å².